The van der Waals surface area contributed by atoms with Gasteiger partial charge in [-0.2, -0.15) is 13.2 Å². The van der Waals surface area contributed by atoms with Gasteiger partial charge in [-0.1, -0.05) is 36.4 Å². The molecule has 3 rings (SSSR count). The largest absolute Gasteiger partial charge is 0.416 e. The molecule has 5 nitrogen and oxygen atoms in total. The SMILES string of the molecule is O=C(Nc1cccc(C(F)(F)F)c1)c1ccnc(C(=O)NCc2ccccc2)c1. The minimum Gasteiger partial charge on any atom is -0.347 e. The molecule has 0 spiro atoms. The Labute approximate surface area is 164 Å². The fraction of sp³-hybridized carbons (Fsp3) is 0.0952. The number of amides is 2. The molecular formula is C21H16F3N3O2. The molecule has 1 aromatic heterocycles. The molecule has 8 heteroatoms. The summed E-state index contributed by atoms with van der Waals surface area (Å²) < 4.78 is 38.4. The molecular weight excluding hydrogens is 383 g/mol. The molecule has 0 atom stereocenters. The summed E-state index contributed by atoms with van der Waals surface area (Å²) in [5.74, 6) is -1.12. The molecule has 2 N–H and O–H groups in total. The number of carbonyl (C=O) groups is 2. The van der Waals surface area contributed by atoms with E-state index in [1.165, 1.54) is 30.5 Å². The van der Waals surface area contributed by atoms with Crippen LogP contribution in [0.15, 0.2) is 72.9 Å². The highest BCUT2D eigenvalue weighted by Crippen LogP contribution is 2.30. The molecule has 0 fully saturated rings. The number of hydrogen-bond acceptors (Lipinski definition) is 3. The average Bonchev–Trinajstić information content (AvgIpc) is 2.72. The Morgan fingerprint density at radius 2 is 1.66 bits per heavy atom. The van der Waals surface area contributed by atoms with Crippen LogP contribution in [0.3, 0.4) is 0 Å². The van der Waals surface area contributed by atoms with E-state index >= 15 is 0 Å². The minimum atomic E-state index is -4.51. The highest BCUT2D eigenvalue weighted by atomic mass is 19.4. The van der Waals surface area contributed by atoms with Gasteiger partial charge in [0.2, 0.25) is 0 Å². The van der Waals surface area contributed by atoms with Gasteiger partial charge in [-0.05, 0) is 35.9 Å². The van der Waals surface area contributed by atoms with Crippen LogP contribution < -0.4 is 10.6 Å². The van der Waals surface area contributed by atoms with Crippen molar-refractivity contribution in [3.63, 3.8) is 0 Å². The number of carbonyl (C=O) groups excluding carboxylic acids is 2. The average molecular weight is 399 g/mol. The van der Waals surface area contributed by atoms with E-state index in [0.29, 0.717) is 6.54 Å². The number of nitrogens with zero attached hydrogens (tertiary/aromatic N) is 1. The normalized spacial score (nSPS) is 11.0. The van der Waals surface area contributed by atoms with Gasteiger partial charge in [0.15, 0.2) is 0 Å². The Morgan fingerprint density at radius 3 is 2.38 bits per heavy atom. The van der Waals surface area contributed by atoms with Crippen LogP contribution in [0.25, 0.3) is 0 Å². The van der Waals surface area contributed by atoms with E-state index in [0.717, 1.165) is 17.7 Å². The first kappa shape index (κ1) is 20.1. The molecule has 0 radical (unpaired) electrons. The summed E-state index contributed by atoms with van der Waals surface area (Å²) in [4.78, 5) is 28.6. The molecule has 0 unspecified atom stereocenters. The number of pyridine rings is 1. The Morgan fingerprint density at radius 1 is 0.897 bits per heavy atom. The lowest BCUT2D eigenvalue weighted by Gasteiger charge is -2.10. The zero-order chi connectivity index (χ0) is 20.9. The van der Waals surface area contributed by atoms with Gasteiger partial charge in [0.25, 0.3) is 11.8 Å². The van der Waals surface area contributed by atoms with E-state index in [2.05, 4.69) is 15.6 Å². The summed E-state index contributed by atoms with van der Waals surface area (Å²) in [5, 5.41) is 5.09. The summed E-state index contributed by atoms with van der Waals surface area (Å²) in [7, 11) is 0. The topological polar surface area (TPSA) is 71.1 Å². The third-order valence-corrected chi connectivity index (χ3v) is 4.00. The second-order valence-electron chi connectivity index (χ2n) is 6.13. The first-order chi connectivity index (χ1) is 13.8. The van der Waals surface area contributed by atoms with E-state index in [1.807, 2.05) is 30.3 Å². The maximum atomic E-state index is 12.8. The zero-order valence-electron chi connectivity index (χ0n) is 15.0. The highest BCUT2D eigenvalue weighted by molar-refractivity contribution is 6.05. The molecule has 0 saturated carbocycles. The second-order valence-corrected chi connectivity index (χ2v) is 6.13. The summed E-state index contributed by atoms with van der Waals surface area (Å²) in [6.45, 7) is 0.294. The molecule has 148 valence electrons. The van der Waals surface area contributed by atoms with Crippen molar-refractivity contribution >= 4 is 17.5 Å². The number of nitrogens with one attached hydrogen (secondary N) is 2. The van der Waals surface area contributed by atoms with Crippen molar-refractivity contribution < 1.29 is 22.8 Å². The van der Waals surface area contributed by atoms with E-state index in [1.54, 1.807) is 0 Å². The van der Waals surface area contributed by atoms with Gasteiger partial charge >= 0.3 is 6.18 Å². The van der Waals surface area contributed by atoms with Crippen LogP contribution in [-0.4, -0.2) is 16.8 Å². The summed E-state index contributed by atoms with van der Waals surface area (Å²) >= 11 is 0. The lowest BCUT2D eigenvalue weighted by atomic mass is 10.1. The monoisotopic (exact) mass is 399 g/mol. The number of benzene rings is 2. The van der Waals surface area contributed by atoms with Crippen molar-refractivity contribution in [3.05, 3.63) is 95.3 Å². The van der Waals surface area contributed by atoms with Crippen molar-refractivity contribution in [1.82, 2.24) is 10.3 Å². The summed E-state index contributed by atoms with van der Waals surface area (Å²) in [5.41, 5.74) is 0.155. The van der Waals surface area contributed by atoms with Crippen molar-refractivity contribution in [1.29, 1.82) is 0 Å². The van der Waals surface area contributed by atoms with Crippen molar-refractivity contribution in [2.45, 2.75) is 12.7 Å². The first-order valence-electron chi connectivity index (χ1n) is 8.60. The van der Waals surface area contributed by atoms with Crippen LogP contribution in [0.2, 0.25) is 0 Å². The van der Waals surface area contributed by atoms with Crippen molar-refractivity contribution in [2.24, 2.45) is 0 Å². The quantitative estimate of drug-likeness (QED) is 0.673. The number of hydrogen-bond donors (Lipinski definition) is 2. The van der Waals surface area contributed by atoms with Crippen molar-refractivity contribution in [2.75, 3.05) is 5.32 Å². The molecule has 2 aromatic carbocycles. The number of alkyl halides is 3. The number of rotatable bonds is 5. The highest BCUT2D eigenvalue weighted by Gasteiger charge is 2.30. The second kappa shape index (κ2) is 8.55. The van der Waals surface area contributed by atoms with Gasteiger partial charge < -0.3 is 10.6 Å². The first-order valence-corrected chi connectivity index (χ1v) is 8.60. The number of anilines is 1. The van der Waals surface area contributed by atoms with Crippen LogP contribution >= 0.6 is 0 Å². The lowest BCUT2D eigenvalue weighted by molar-refractivity contribution is -0.137. The molecule has 1 heterocycles. The number of halogens is 3. The Hall–Kier alpha value is -3.68. The van der Waals surface area contributed by atoms with Crippen LogP contribution in [0.1, 0.15) is 32.0 Å². The van der Waals surface area contributed by atoms with E-state index in [-0.39, 0.29) is 16.9 Å². The molecule has 2 amide bonds. The van der Waals surface area contributed by atoms with Crippen LogP contribution in [0.5, 0.6) is 0 Å². The minimum absolute atomic E-state index is 0.00304. The molecule has 0 bridgehead atoms. The van der Waals surface area contributed by atoms with Gasteiger partial charge in [-0.15, -0.1) is 0 Å². The van der Waals surface area contributed by atoms with E-state index < -0.39 is 23.6 Å². The van der Waals surface area contributed by atoms with Gasteiger partial charge in [0.1, 0.15) is 5.69 Å². The van der Waals surface area contributed by atoms with Gasteiger partial charge in [0.05, 0.1) is 5.56 Å². The van der Waals surface area contributed by atoms with Crippen LogP contribution in [-0.2, 0) is 12.7 Å². The van der Waals surface area contributed by atoms with Crippen molar-refractivity contribution in [3.8, 4) is 0 Å². The van der Waals surface area contributed by atoms with E-state index in [9.17, 15) is 22.8 Å². The Bertz CT molecular complexity index is 1020. The fourth-order valence-electron chi connectivity index (χ4n) is 2.54. The smallest absolute Gasteiger partial charge is 0.347 e. The zero-order valence-corrected chi connectivity index (χ0v) is 15.0. The van der Waals surface area contributed by atoms with Gasteiger partial charge in [-0.3, -0.25) is 14.6 Å². The van der Waals surface area contributed by atoms with Crippen LogP contribution in [0, 0.1) is 0 Å². The lowest BCUT2D eigenvalue weighted by Crippen LogP contribution is -2.24. The predicted molar refractivity (Wildman–Crippen MR) is 101 cm³/mol. The summed E-state index contributed by atoms with van der Waals surface area (Å²) in [6, 6.07) is 16.2. The molecule has 0 aliphatic rings. The summed E-state index contributed by atoms with van der Waals surface area (Å²) in [6.07, 6.45) is -3.22. The van der Waals surface area contributed by atoms with Gasteiger partial charge in [-0.25, -0.2) is 0 Å². The van der Waals surface area contributed by atoms with Crippen LogP contribution in [0.4, 0.5) is 18.9 Å². The molecule has 0 saturated heterocycles. The van der Waals surface area contributed by atoms with Gasteiger partial charge in [0, 0.05) is 24.0 Å². The Balaban J connectivity index is 1.68. The van der Waals surface area contributed by atoms with E-state index in [4.69, 9.17) is 0 Å². The molecule has 3 aromatic rings. The number of aromatic nitrogens is 1. The Kier molecular flexibility index (Phi) is 5.92. The fourth-order valence-corrected chi connectivity index (χ4v) is 2.54. The molecule has 0 aliphatic carbocycles. The maximum Gasteiger partial charge on any atom is 0.416 e. The maximum absolute atomic E-state index is 12.8. The third-order valence-electron chi connectivity index (χ3n) is 4.00. The standard InChI is InChI=1S/C21H16F3N3O2/c22-21(23,24)16-7-4-8-17(12-16)27-19(28)15-9-10-25-18(11-15)20(29)26-13-14-5-2-1-3-6-14/h1-12H,13H2,(H,26,29)(H,27,28). The predicted octanol–water partition coefficient (Wildman–Crippen LogP) is 4.28. The molecule has 0 aliphatic heterocycles. The third kappa shape index (κ3) is 5.41. The molecule has 29 heavy (non-hydrogen) atoms.